The van der Waals surface area contributed by atoms with Crippen LogP contribution in [0.5, 0.6) is 0 Å². The molecule has 0 amide bonds. The number of hydrogen-bond donors (Lipinski definition) is 0. The lowest BCUT2D eigenvalue weighted by molar-refractivity contribution is 0.112. The van der Waals surface area contributed by atoms with Crippen LogP contribution in [0.3, 0.4) is 0 Å². The number of benzene rings is 2. The fraction of sp³-hybridized carbons (Fsp3) is 0.190. The number of fused-ring (bicyclic) bond motifs is 3. The number of halogens is 1. The van der Waals surface area contributed by atoms with Crippen molar-refractivity contribution in [3.63, 3.8) is 0 Å². The standard InChI is InChI=1S/C21H15FN2O3/c1-11-23-19-20(27-11)16-8-17(22)15(13-4-2-12(10-25)3-5-13)9-18(16)24(21(19)26)14-6-7-14/h2-5,8-10,14H,6-7H2,1H3. The van der Waals surface area contributed by atoms with Crippen molar-refractivity contribution in [1.29, 1.82) is 0 Å². The van der Waals surface area contributed by atoms with E-state index in [4.69, 9.17) is 4.42 Å². The first-order chi connectivity index (χ1) is 13.1. The molecule has 1 saturated carbocycles. The molecule has 0 aliphatic heterocycles. The lowest BCUT2D eigenvalue weighted by Gasteiger charge is -2.12. The van der Waals surface area contributed by atoms with Gasteiger partial charge in [-0.25, -0.2) is 9.37 Å². The van der Waals surface area contributed by atoms with Crippen LogP contribution in [0.1, 0.15) is 35.1 Å². The number of aromatic nitrogens is 2. The molecule has 2 aromatic carbocycles. The number of aryl methyl sites for hydroxylation is 1. The zero-order valence-corrected chi connectivity index (χ0v) is 14.5. The molecule has 0 saturated heterocycles. The van der Waals surface area contributed by atoms with Crippen molar-refractivity contribution >= 4 is 28.3 Å². The lowest BCUT2D eigenvalue weighted by atomic mass is 10.0. The number of rotatable bonds is 3. The van der Waals surface area contributed by atoms with Crippen molar-refractivity contribution in [3.8, 4) is 11.1 Å². The predicted octanol–water partition coefficient (Wildman–Crippen LogP) is 4.40. The van der Waals surface area contributed by atoms with Gasteiger partial charge in [-0.2, -0.15) is 0 Å². The molecule has 1 fully saturated rings. The van der Waals surface area contributed by atoms with E-state index in [1.807, 2.05) is 0 Å². The van der Waals surface area contributed by atoms with Crippen molar-refractivity contribution in [1.82, 2.24) is 9.55 Å². The maximum absolute atomic E-state index is 15.0. The Bertz CT molecular complexity index is 1280. The van der Waals surface area contributed by atoms with Crippen LogP contribution in [0.25, 0.3) is 33.1 Å². The van der Waals surface area contributed by atoms with Crippen molar-refractivity contribution in [2.24, 2.45) is 0 Å². The van der Waals surface area contributed by atoms with Crippen molar-refractivity contribution in [3.05, 3.63) is 64.0 Å². The zero-order valence-electron chi connectivity index (χ0n) is 14.5. The Kier molecular flexibility index (Phi) is 3.31. The number of aldehydes is 1. The maximum atomic E-state index is 15.0. The minimum atomic E-state index is -0.419. The van der Waals surface area contributed by atoms with E-state index in [2.05, 4.69) is 4.98 Å². The minimum Gasteiger partial charge on any atom is -0.440 e. The van der Waals surface area contributed by atoms with Crippen LogP contribution in [0.4, 0.5) is 4.39 Å². The Morgan fingerprint density at radius 2 is 1.96 bits per heavy atom. The number of oxazole rings is 1. The summed E-state index contributed by atoms with van der Waals surface area (Å²) in [7, 11) is 0. The largest absolute Gasteiger partial charge is 0.440 e. The van der Waals surface area contributed by atoms with E-state index in [0.29, 0.717) is 39.1 Å². The second-order valence-corrected chi connectivity index (χ2v) is 6.91. The van der Waals surface area contributed by atoms with Gasteiger partial charge in [0.1, 0.15) is 12.1 Å². The number of pyridine rings is 1. The van der Waals surface area contributed by atoms with Crippen LogP contribution in [0.2, 0.25) is 0 Å². The Labute approximate surface area is 153 Å². The quantitative estimate of drug-likeness (QED) is 0.507. The highest BCUT2D eigenvalue weighted by molar-refractivity contribution is 6.02. The van der Waals surface area contributed by atoms with Gasteiger partial charge >= 0.3 is 0 Å². The number of nitrogens with zero attached hydrogens (tertiary/aromatic N) is 2. The molecule has 0 spiro atoms. The number of carbonyl (C=O) groups is 1. The van der Waals surface area contributed by atoms with Crippen LogP contribution in [-0.4, -0.2) is 15.8 Å². The minimum absolute atomic E-state index is 0.108. The highest BCUT2D eigenvalue weighted by Crippen LogP contribution is 2.39. The third kappa shape index (κ3) is 2.40. The third-order valence-corrected chi connectivity index (χ3v) is 5.01. The highest BCUT2D eigenvalue weighted by Gasteiger charge is 2.29. The average Bonchev–Trinajstić information content (AvgIpc) is 3.42. The first-order valence-electron chi connectivity index (χ1n) is 8.77. The summed E-state index contributed by atoms with van der Waals surface area (Å²) in [5.74, 6) is -0.0383. The zero-order chi connectivity index (χ0) is 18.7. The summed E-state index contributed by atoms with van der Waals surface area (Å²) in [5.41, 5.74) is 2.55. The van der Waals surface area contributed by atoms with Crippen LogP contribution >= 0.6 is 0 Å². The van der Waals surface area contributed by atoms with E-state index >= 15 is 0 Å². The Hall–Kier alpha value is -3.28. The molecule has 5 nitrogen and oxygen atoms in total. The normalized spacial score (nSPS) is 14.1. The van der Waals surface area contributed by atoms with E-state index < -0.39 is 5.82 Å². The molecule has 1 aliphatic carbocycles. The average molecular weight is 362 g/mol. The van der Waals surface area contributed by atoms with Gasteiger partial charge in [0.25, 0.3) is 5.56 Å². The molecular formula is C21H15FN2O3. The molecule has 6 heteroatoms. The van der Waals surface area contributed by atoms with Crippen molar-refractivity contribution in [2.45, 2.75) is 25.8 Å². The van der Waals surface area contributed by atoms with E-state index in [1.165, 1.54) is 6.07 Å². The van der Waals surface area contributed by atoms with Gasteiger partial charge in [-0.1, -0.05) is 24.3 Å². The molecule has 2 heterocycles. The Morgan fingerprint density at radius 1 is 1.22 bits per heavy atom. The first-order valence-corrected chi connectivity index (χ1v) is 8.77. The Balaban J connectivity index is 1.86. The van der Waals surface area contributed by atoms with Gasteiger partial charge in [0.2, 0.25) is 0 Å². The monoisotopic (exact) mass is 362 g/mol. The van der Waals surface area contributed by atoms with E-state index in [-0.39, 0.29) is 17.1 Å². The first kappa shape index (κ1) is 15.9. The molecule has 1 aliphatic rings. The summed E-state index contributed by atoms with van der Waals surface area (Å²) in [5, 5.41) is 0.544. The number of hydrogen-bond acceptors (Lipinski definition) is 4. The topological polar surface area (TPSA) is 65.1 Å². The summed E-state index contributed by atoms with van der Waals surface area (Å²) in [4.78, 5) is 28.0. The molecule has 4 aromatic rings. The molecule has 134 valence electrons. The van der Waals surface area contributed by atoms with Gasteiger partial charge in [0.05, 0.1) is 5.52 Å². The molecule has 2 aromatic heterocycles. The summed E-state index contributed by atoms with van der Waals surface area (Å²) in [6.07, 6.45) is 2.57. The molecule has 0 N–H and O–H groups in total. The highest BCUT2D eigenvalue weighted by atomic mass is 19.1. The van der Waals surface area contributed by atoms with Crippen LogP contribution in [0.15, 0.2) is 45.6 Å². The Morgan fingerprint density at radius 3 is 2.63 bits per heavy atom. The SMILES string of the molecule is Cc1nc2c(=O)n(C3CC3)c3cc(-c4ccc(C=O)cc4)c(F)cc3c2o1. The summed E-state index contributed by atoms with van der Waals surface area (Å²) in [6.45, 7) is 1.67. The molecular weight excluding hydrogens is 347 g/mol. The van der Waals surface area contributed by atoms with Gasteiger partial charge in [0, 0.05) is 29.5 Å². The van der Waals surface area contributed by atoms with Crippen LogP contribution in [-0.2, 0) is 0 Å². The van der Waals surface area contributed by atoms with Crippen LogP contribution < -0.4 is 5.56 Å². The van der Waals surface area contributed by atoms with E-state index in [0.717, 1.165) is 19.1 Å². The van der Waals surface area contributed by atoms with E-state index in [9.17, 15) is 14.0 Å². The second-order valence-electron chi connectivity index (χ2n) is 6.91. The molecule has 5 rings (SSSR count). The molecule has 27 heavy (non-hydrogen) atoms. The van der Waals surface area contributed by atoms with Crippen molar-refractivity contribution < 1.29 is 13.6 Å². The predicted molar refractivity (Wildman–Crippen MR) is 99.6 cm³/mol. The van der Waals surface area contributed by atoms with E-state index in [1.54, 1.807) is 41.8 Å². The molecule has 0 atom stereocenters. The molecule has 0 radical (unpaired) electrons. The fourth-order valence-electron chi connectivity index (χ4n) is 3.58. The van der Waals surface area contributed by atoms with Gasteiger partial charge in [-0.15, -0.1) is 0 Å². The number of carbonyl (C=O) groups excluding carboxylic acids is 1. The van der Waals surface area contributed by atoms with Gasteiger partial charge in [0.15, 0.2) is 17.0 Å². The van der Waals surface area contributed by atoms with Crippen molar-refractivity contribution in [2.75, 3.05) is 0 Å². The summed E-state index contributed by atoms with van der Waals surface area (Å²) < 4.78 is 22.3. The smallest absolute Gasteiger partial charge is 0.281 e. The molecule has 0 unspecified atom stereocenters. The van der Waals surface area contributed by atoms with Gasteiger partial charge in [-0.05, 0) is 30.5 Å². The maximum Gasteiger partial charge on any atom is 0.281 e. The van der Waals surface area contributed by atoms with Gasteiger partial charge < -0.3 is 8.98 Å². The lowest BCUT2D eigenvalue weighted by Crippen LogP contribution is -2.20. The summed E-state index contributed by atoms with van der Waals surface area (Å²) in [6, 6.07) is 9.89. The van der Waals surface area contributed by atoms with Gasteiger partial charge in [-0.3, -0.25) is 9.59 Å². The second kappa shape index (κ2) is 5.61. The summed E-state index contributed by atoms with van der Waals surface area (Å²) >= 11 is 0. The molecule has 0 bridgehead atoms. The fourth-order valence-corrected chi connectivity index (χ4v) is 3.58. The third-order valence-electron chi connectivity index (χ3n) is 5.01. The van der Waals surface area contributed by atoms with Crippen LogP contribution in [0, 0.1) is 12.7 Å².